The fraction of sp³-hybridized carbons (Fsp3) is 0.400. The van der Waals surface area contributed by atoms with Gasteiger partial charge in [-0.1, -0.05) is 104 Å². The highest BCUT2D eigenvalue weighted by Crippen LogP contribution is 2.37. The van der Waals surface area contributed by atoms with Gasteiger partial charge in [0.05, 0.1) is 0 Å². The lowest BCUT2D eigenvalue weighted by molar-refractivity contribution is 0.204. The summed E-state index contributed by atoms with van der Waals surface area (Å²) in [6, 6.07) is 21.7. The molecule has 0 saturated carbocycles. The first-order valence-electron chi connectivity index (χ1n) is 8.26. The summed E-state index contributed by atoms with van der Waals surface area (Å²) >= 11 is 2.44. The van der Waals surface area contributed by atoms with Gasteiger partial charge in [0.2, 0.25) is 0 Å². The minimum atomic E-state index is -2.35. The SMILES string of the molecule is C[C@H](CCI)O[Si](c1ccccc1)(c1ccccc1)C(C)(C)C. The predicted octanol–water partition coefficient (Wildman–Crippen LogP) is 4.78. The van der Waals surface area contributed by atoms with E-state index < -0.39 is 8.32 Å². The number of halogens is 1. The van der Waals surface area contributed by atoms with Crippen molar-refractivity contribution in [3.05, 3.63) is 60.7 Å². The average Bonchev–Trinajstić information content (AvgIpc) is 2.53. The zero-order valence-electron chi connectivity index (χ0n) is 14.6. The highest BCUT2D eigenvalue weighted by Gasteiger charge is 2.50. The maximum Gasteiger partial charge on any atom is 0.261 e. The van der Waals surface area contributed by atoms with Gasteiger partial charge in [0.15, 0.2) is 0 Å². The predicted molar refractivity (Wildman–Crippen MR) is 112 cm³/mol. The van der Waals surface area contributed by atoms with E-state index in [9.17, 15) is 0 Å². The molecule has 0 unspecified atom stereocenters. The van der Waals surface area contributed by atoms with Crippen LogP contribution in [0.15, 0.2) is 60.7 Å². The molecule has 3 heteroatoms. The molecule has 0 heterocycles. The van der Waals surface area contributed by atoms with Gasteiger partial charge >= 0.3 is 0 Å². The van der Waals surface area contributed by atoms with Gasteiger partial charge in [-0.2, -0.15) is 0 Å². The first kappa shape index (κ1) is 18.7. The number of alkyl halides is 1. The molecular weight excluding hydrogens is 411 g/mol. The van der Waals surface area contributed by atoms with E-state index in [0.717, 1.165) is 10.8 Å². The topological polar surface area (TPSA) is 9.23 Å². The molecule has 0 fully saturated rings. The van der Waals surface area contributed by atoms with Crippen LogP contribution in [-0.4, -0.2) is 18.8 Å². The van der Waals surface area contributed by atoms with Gasteiger partial charge < -0.3 is 4.43 Å². The highest BCUT2D eigenvalue weighted by molar-refractivity contribution is 14.1. The molecule has 2 aromatic rings. The van der Waals surface area contributed by atoms with Gasteiger partial charge in [-0.05, 0) is 28.8 Å². The molecule has 1 nitrogen and oxygen atoms in total. The van der Waals surface area contributed by atoms with Crippen LogP contribution in [0.25, 0.3) is 0 Å². The summed E-state index contributed by atoms with van der Waals surface area (Å²) in [7, 11) is -2.35. The Labute approximate surface area is 155 Å². The largest absolute Gasteiger partial charge is 0.405 e. The summed E-state index contributed by atoms with van der Waals surface area (Å²) in [5.74, 6) is 0. The van der Waals surface area contributed by atoms with E-state index >= 15 is 0 Å². The molecule has 0 spiro atoms. The van der Waals surface area contributed by atoms with Crippen molar-refractivity contribution >= 4 is 41.3 Å². The van der Waals surface area contributed by atoms with Gasteiger partial charge in [-0.15, -0.1) is 0 Å². The molecule has 2 rings (SSSR count). The van der Waals surface area contributed by atoms with E-state index in [4.69, 9.17) is 4.43 Å². The average molecular weight is 438 g/mol. The number of hydrogen-bond donors (Lipinski definition) is 0. The molecule has 0 radical (unpaired) electrons. The first-order chi connectivity index (χ1) is 10.9. The van der Waals surface area contributed by atoms with Crippen molar-refractivity contribution in [3.63, 3.8) is 0 Å². The van der Waals surface area contributed by atoms with E-state index in [0.29, 0.717) is 0 Å². The van der Waals surface area contributed by atoms with Gasteiger partial charge in [-0.3, -0.25) is 0 Å². The summed E-state index contributed by atoms with van der Waals surface area (Å²) in [5.41, 5.74) is 0. The van der Waals surface area contributed by atoms with Crippen LogP contribution < -0.4 is 10.4 Å². The molecule has 2 aromatic carbocycles. The normalized spacial score (nSPS) is 13.8. The van der Waals surface area contributed by atoms with Crippen LogP contribution in [0.1, 0.15) is 34.1 Å². The van der Waals surface area contributed by atoms with Gasteiger partial charge in [0.25, 0.3) is 8.32 Å². The third-order valence-electron chi connectivity index (χ3n) is 4.31. The van der Waals surface area contributed by atoms with Crippen molar-refractivity contribution in [1.29, 1.82) is 0 Å². The summed E-state index contributed by atoms with van der Waals surface area (Å²) in [6.07, 6.45) is 1.35. The van der Waals surface area contributed by atoms with Crippen molar-refractivity contribution in [2.45, 2.75) is 45.3 Å². The Morgan fingerprint density at radius 2 is 1.35 bits per heavy atom. The lowest BCUT2D eigenvalue weighted by Gasteiger charge is -2.44. The lowest BCUT2D eigenvalue weighted by Crippen LogP contribution is -2.67. The van der Waals surface area contributed by atoms with Gasteiger partial charge in [0.1, 0.15) is 0 Å². The quantitative estimate of drug-likeness (QED) is 0.359. The van der Waals surface area contributed by atoms with Crippen LogP contribution in [0, 0.1) is 0 Å². The Balaban J connectivity index is 2.64. The van der Waals surface area contributed by atoms with Crippen LogP contribution >= 0.6 is 22.6 Å². The Bertz CT molecular complexity index is 553. The smallest absolute Gasteiger partial charge is 0.261 e. The Morgan fingerprint density at radius 1 is 0.913 bits per heavy atom. The van der Waals surface area contributed by atoms with E-state index in [1.807, 2.05) is 0 Å². The summed E-state index contributed by atoms with van der Waals surface area (Å²) in [5, 5.41) is 2.79. The van der Waals surface area contributed by atoms with E-state index in [1.165, 1.54) is 10.4 Å². The molecule has 23 heavy (non-hydrogen) atoms. The maximum absolute atomic E-state index is 6.95. The van der Waals surface area contributed by atoms with Crippen LogP contribution in [0.5, 0.6) is 0 Å². The number of benzene rings is 2. The number of hydrogen-bond acceptors (Lipinski definition) is 1. The molecule has 0 amide bonds. The summed E-state index contributed by atoms with van der Waals surface area (Å²) in [6.45, 7) is 9.21. The van der Waals surface area contributed by atoms with Crippen molar-refractivity contribution < 1.29 is 4.43 Å². The van der Waals surface area contributed by atoms with Crippen LogP contribution in [-0.2, 0) is 4.43 Å². The van der Waals surface area contributed by atoms with E-state index in [2.05, 4.69) is 111 Å². The standard InChI is InChI=1S/C20H27IOSi/c1-17(15-16-21)22-23(20(2,3)4,18-11-7-5-8-12-18)19-13-9-6-10-14-19/h5-14,17H,15-16H2,1-4H3/t17-/m1/s1. The number of rotatable bonds is 6. The molecule has 0 aliphatic heterocycles. The molecule has 0 bridgehead atoms. The molecule has 1 atom stereocenters. The first-order valence-corrected chi connectivity index (χ1v) is 11.7. The molecule has 0 aliphatic rings. The van der Waals surface area contributed by atoms with E-state index in [-0.39, 0.29) is 11.1 Å². The monoisotopic (exact) mass is 438 g/mol. The van der Waals surface area contributed by atoms with Crippen LogP contribution in [0.2, 0.25) is 5.04 Å². The lowest BCUT2D eigenvalue weighted by atomic mass is 10.2. The molecule has 124 valence electrons. The summed E-state index contributed by atoms with van der Waals surface area (Å²) in [4.78, 5) is 0. The third-order valence-corrected chi connectivity index (χ3v) is 10.1. The molecule has 0 aliphatic carbocycles. The zero-order valence-corrected chi connectivity index (χ0v) is 17.7. The highest BCUT2D eigenvalue weighted by atomic mass is 127. The minimum absolute atomic E-state index is 0.0647. The second-order valence-corrected chi connectivity index (χ2v) is 12.4. The molecule has 0 N–H and O–H groups in total. The molecule has 0 aromatic heterocycles. The fourth-order valence-corrected chi connectivity index (χ4v) is 8.82. The van der Waals surface area contributed by atoms with Gasteiger partial charge in [0, 0.05) is 10.5 Å². The fourth-order valence-electron chi connectivity index (χ4n) is 3.21. The Morgan fingerprint density at radius 3 is 1.70 bits per heavy atom. The second kappa shape index (κ2) is 7.95. The van der Waals surface area contributed by atoms with Gasteiger partial charge in [-0.25, -0.2) is 0 Å². The second-order valence-electron chi connectivity index (χ2n) is 7.07. The Kier molecular flexibility index (Phi) is 6.46. The van der Waals surface area contributed by atoms with Crippen LogP contribution in [0.4, 0.5) is 0 Å². The minimum Gasteiger partial charge on any atom is -0.405 e. The molecular formula is C20H27IOSi. The van der Waals surface area contributed by atoms with Crippen LogP contribution in [0.3, 0.4) is 0 Å². The summed E-state index contributed by atoms with van der Waals surface area (Å²) < 4.78 is 8.07. The van der Waals surface area contributed by atoms with Crippen molar-refractivity contribution in [3.8, 4) is 0 Å². The van der Waals surface area contributed by atoms with Crippen molar-refractivity contribution in [2.24, 2.45) is 0 Å². The van der Waals surface area contributed by atoms with E-state index in [1.54, 1.807) is 0 Å². The van der Waals surface area contributed by atoms with Crippen molar-refractivity contribution in [1.82, 2.24) is 0 Å². The molecule has 0 saturated heterocycles. The Hall–Kier alpha value is -0.653. The zero-order chi connectivity index (χ0) is 16.9. The van der Waals surface area contributed by atoms with Crippen molar-refractivity contribution in [2.75, 3.05) is 4.43 Å². The maximum atomic E-state index is 6.95. The third kappa shape index (κ3) is 4.06.